The number of anilines is 2. The molecule has 0 saturated heterocycles. The molecule has 0 saturated carbocycles. The largest absolute Gasteiger partial charge is 0.493 e. The van der Waals surface area contributed by atoms with Crippen LogP contribution in [0.5, 0.6) is 11.5 Å². The summed E-state index contributed by atoms with van der Waals surface area (Å²) in [7, 11) is 3.04. The fourth-order valence-electron chi connectivity index (χ4n) is 3.83. The van der Waals surface area contributed by atoms with Gasteiger partial charge < -0.3 is 14.8 Å². The van der Waals surface area contributed by atoms with Crippen LogP contribution >= 0.6 is 0 Å². The third-order valence-corrected chi connectivity index (χ3v) is 5.69. The molecule has 3 aromatic carbocycles. The molecule has 0 aliphatic carbocycles. The van der Waals surface area contributed by atoms with Gasteiger partial charge in [-0.2, -0.15) is 0 Å². The van der Waals surface area contributed by atoms with E-state index in [4.69, 9.17) is 9.47 Å². The third-order valence-electron chi connectivity index (χ3n) is 5.69. The minimum Gasteiger partial charge on any atom is -0.493 e. The Kier molecular flexibility index (Phi) is 6.36. The van der Waals surface area contributed by atoms with Crippen molar-refractivity contribution in [2.45, 2.75) is 19.8 Å². The first-order valence-electron chi connectivity index (χ1n) is 10.8. The number of ether oxygens (including phenoxy) is 2. The molecule has 3 aromatic rings. The summed E-state index contributed by atoms with van der Waals surface area (Å²) in [5.41, 5.74) is 2.78. The minimum absolute atomic E-state index is 0.0942. The maximum Gasteiger partial charge on any atom is 0.282 e. The van der Waals surface area contributed by atoms with Crippen LogP contribution in [0.3, 0.4) is 0 Å². The predicted molar refractivity (Wildman–Crippen MR) is 130 cm³/mol. The van der Waals surface area contributed by atoms with Gasteiger partial charge in [-0.3, -0.25) is 9.59 Å². The van der Waals surface area contributed by atoms with Gasteiger partial charge in [0.05, 0.1) is 25.5 Å². The Bertz CT molecular complexity index is 1260. The van der Waals surface area contributed by atoms with Gasteiger partial charge >= 0.3 is 0 Å². The van der Waals surface area contributed by atoms with Crippen LogP contribution in [0.25, 0.3) is 5.57 Å². The van der Waals surface area contributed by atoms with Crippen LogP contribution in [-0.2, 0) is 9.59 Å². The fraction of sp³-hybridized carbons (Fsp3) is 0.185. The van der Waals surface area contributed by atoms with Crippen LogP contribution in [-0.4, -0.2) is 26.0 Å². The van der Waals surface area contributed by atoms with E-state index in [1.165, 1.54) is 38.5 Å². The number of halogens is 1. The summed E-state index contributed by atoms with van der Waals surface area (Å²) in [6, 6.07) is 17.9. The molecule has 4 rings (SSSR count). The molecule has 6 nitrogen and oxygen atoms in total. The van der Waals surface area contributed by atoms with Gasteiger partial charge in [-0.1, -0.05) is 38.1 Å². The number of rotatable bonds is 7. The molecule has 0 spiro atoms. The van der Waals surface area contributed by atoms with E-state index in [9.17, 15) is 14.0 Å². The number of hydrogen-bond donors (Lipinski definition) is 1. The summed E-state index contributed by atoms with van der Waals surface area (Å²) >= 11 is 0. The van der Waals surface area contributed by atoms with Crippen LogP contribution in [0.15, 0.2) is 72.4 Å². The molecule has 1 aliphatic rings. The van der Waals surface area contributed by atoms with Gasteiger partial charge in [0.15, 0.2) is 11.5 Å². The normalized spacial score (nSPS) is 13.6. The minimum atomic E-state index is -0.503. The van der Waals surface area contributed by atoms with Crippen molar-refractivity contribution in [2.24, 2.45) is 0 Å². The first kappa shape index (κ1) is 23.0. The second-order valence-electron chi connectivity index (χ2n) is 8.14. The van der Waals surface area contributed by atoms with Crippen molar-refractivity contribution in [3.05, 3.63) is 89.4 Å². The molecule has 2 amide bonds. The highest BCUT2D eigenvalue weighted by Crippen LogP contribution is 2.36. The molecule has 7 heteroatoms. The Hall–Kier alpha value is -4.13. The van der Waals surface area contributed by atoms with Crippen molar-refractivity contribution in [3.63, 3.8) is 0 Å². The second kappa shape index (κ2) is 9.39. The van der Waals surface area contributed by atoms with Gasteiger partial charge in [0.2, 0.25) is 0 Å². The van der Waals surface area contributed by atoms with E-state index in [0.717, 1.165) is 10.5 Å². The van der Waals surface area contributed by atoms with Gasteiger partial charge in [0.25, 0.3) is 11.8 Å². The molecule has 0 radical (unpaired) electrons. The Balaban J connectivity index is 1.78. The van der Waals surface area contributed by atoms with Crippen molar-refractivity contribution >= 4 is 28.8 Å². The zero-order valence-electron chi connectivity index (χ0n) is 19.4. The van der Waals surface area contributed by atoms with E-state index in [1.807, 2.05) is 12.1 Å². The smallest absolute Gasteiger partial charge is 0.282 e. The second-order valence-corrected chi connectivity index (χ2v) is 8.14. The zero-order chi connectivity index (χ0) is 24.4. The SMILES string of the molecule is COc1ccc(NC2=C(c3ccc(F)cc3)C(=O)N(c3ccc(C(C)C)cc3)C2=O)cc1OC. The highest BCUT2D eigenvalue weighted by atomic mass is 19.1. The number of carbonyl (C=O) groups is 2. The zero-order valence-corrected chi connectivity index (χ0v) is 19.4. The molecular weight excluding hydrogens is 435 g/mol. The summed E-state index contributed by atoms with van der Waals surface area (Å²) in [6.07, 6.45) is 0. The quantitative estimate of drug-likeness (QED) is 0.481. The Morgan fingerprint density at radius 1 is 0.824 bits per heavy atom. The van der Waals surface area contributed by atoms with Gasteiger partial charge in [-0.15, -0.1) is 0 Å². The van der Waals surface area contributed by atoms with E-state index in [-0.39, 0.29) is 11.3 Å². The number of hydrogen-bond acceptors (Lipinski definition) is 5. The maximum atomic E-state index is 13.6. The monoisotopic (exact) mass is 460 g/mol. The fourth-order valence-corrected chi connectivity index (χ4v) is 3.83. The van der Waals surface area contributed by atoms with E-state index in [2.05, 4.69) is 19.2 Å². The summed E-state index contributed by atoms with van der Waals surface area (Å²) < 4.78 is 24.2. The van der Waals surface area contributed by atoms with Gasteiger partial charge in [-0.25, -0.2) is 9.29 Å². The predicted octanol–water partition coefficient (Wildman–Crippen LogP) is 5.36. The molecule has 0 unspecified atom stereocenters. The molecular formula is C27H25FN2O4. The molecule has 174 valence electrons. The maximum absolute atomic E-state index is 13.6. The number of benzene rings is 3. The lowest BCUT2D eigenvalue weighted by Crippen LogP contribution is -2.32. The van der Waals surface area contributed by atoms with Gasteiger partial charge in [-0.05, 0) is 53.4 Å². The van der Waals surface area contributed by atoms with E-state index >= 15 is 0 Å². The molecule has 0 bridgehead atoms. The van der Waals surface area contributed by atoms with E-state index in [0.29, 0.717) is 34.4 Å². The standard InChI is InChI=1S/C27H25FN2O4/c1-16(2)17-7-12-21(13-8-17)30-26(31)24(18-5-9-19(28)10-6-18)25(27(30)32)29-20-11-14-22(33-3)23(15-20)34-4/h5-16,29H,1-4H3. The van der Waals surface area contributed by atoms with E-state index < -0.39 is 17.6 Å². The lowest BCUT2D eigenvalue weighted by Gasteiger charge is -2.17. The van der Waals surface area contributed by atoms with Crippen LogP contribution in [0.4, 0.5) is 15.8 Å². The lowest BCUT2D eigenvalue weighted by atomic mass is 10.0. The molecule has 0 fully saturated rings. The molecule has 1 aliphatic heterocycles. The van der Waals surface area contributed by atoms with Crippen LogP contribution < -0.4 is 19.7 Å². The van der Waals surface area contributed by atoms with Crippen LogP contribution in [0.2, 0.25) is 0 Å². The van der Waals surface area contributed by atoms with Crippen molar-refractivity contribution < 1.29 is 23.5 Å². The number of carbonyl (C=O) groups excluding carboxylic acids is 2. The molecule has 1 N–H and O–H groups in total. The number of nitrogens with zero attached hydrogens (tertiary/aromatic N) is 1. The summed E-state index contributed by atoms with van der Waals surface area (Å²) in [4.78, 5) is 28.2. The van der Waals surface area contributed by atoms with Crippen molar-refractivity contribution in [2.75, 3.05) is 24.4 Å². The van der Waals surface area contributed by atoms with Crippen molar-refractivity contribution in [1.82, 2.24) is 0 Å². The number of imide groups is 1. The topological polar surface area (TPSA) is 67.9 Å². The summed E-state index contributed by atoms with van der Waals surface area (Å²) in [6.45, 7) is 4.14. The first-order chi connectivity index (χ1) is 16.3. The molecule has 0 atom stereocenters. The Morgan fingerprint density at radius 3 is 2.06 bits per heavy atom. The van der Waals surface area contributed by atoms with Gasteiger partial charge in [0, 0.05) is 11.8 Å². The first-order valence-corrected chi connectivity index (χ1v) is 10.8. The van der Waals surface area contributed by atoms with Crippen molar-refractivity contribution in [1.29, 1.82) is 0 Å². The van der Waals surface area contributed by atoms with Gasteiger partial charge in [0.1, 0.15) is 11.5 Å². The summed E-state index contributed by atoms with van der Waals surface area (Å²) in [5.74, 6) is -0.116. The number of methoxy groups -OCH3 is 2. The lowest BCUT2D eigenvalue weighted by molar-refractivity contribution is -0.120. The average molecular weight is 461 g/mol. The molecule has 1 heterocycles. The Labute approximate surface area is 197 Å². The van der Waals surface area contributed by atoms with E-state index in [1.54, 1.807) is 30.3 Å². The Morgan fingerprint density at radius 2 is 1.47 bits per heavy atom. The number of amides is 2. The van der Waals surface area contributed by atoms with Crippen molar-refractivity contribution in [3.8, 4) is 11.5 Å². The number of nitrogens with one attached hydrogen (secondary N) is 1. The summed E-state index contributed by atoms with van der Waals surface area (Å²) in [5, 5.41) is 3.08. The third kappa shape index (κ3) is 4.24. The average Bonchev–Trinajstić information content (AvgIpc) is 3.08. The highest BCUT2D eigenvalue weighted by Gasteiger charge is 2.40. The van der Waals surface area contributed by atoms with Crippen LogP contribution in [0.1, 0.15) is 30.9 Å². The van der Waals surface area contributed by atoms with Crippen LogP contribution in [0, 0.1) is 5.82 Å². The molecule has 34 heavy (non-hydrogen) atoms. The molecule has 0 aromatic heterocycles. The highest BCUT2D eigenvalue weighted by molar-refractivity contribution is 6.46.